The largest absolute Gasteiger partial charge is 0.453 e. The van der Waals surface area contributed by atoms with E-state index < -0.39 is 36.5 Å². The molecule has 4 atom stereocenters. The second-order valence-electron chi connectivity index (χ2n) is 5.76. The normalized spacial score (nSPS) is 25.3. The molecular weight excluding hydrogens is 340 g/mol. The SMILES string of the molecule is O=C(O[C@@H]1[C@H](O)[C@H](OC(=O)c2ccccc2)CO[C@H]1O)c1ccccc1. The monoisotopic (exact) mass is 358 g/mol. The van der Waals surface area contributed by atoms with Gasteiger partial charge in [-0.3, -0.25) is 0 Å². The van der Waals surface area contributed by atoms with Gasteiger partial charge in [0.15, 0.2) is 18.5 Å². The van der Waals surface area contributed by atoms with E-state index in [1.165, 1.54) is 12.1 Å². The lowest BCUT2D eigenvalue weighted by atomic mass is 10.0. The minimum absolute atomic E-state index is 0.222. The number of rotatable bonds is 4. The average molecular weight is 358 g/mol. The van der Waals surface area contributed by atoms with Crippen LogP contribution in [0.15, 0.2) is 60.7 Å². The molecule has 0 bridgehead atoms. The first-order chi connectivity index (χ1) is 12.6. The number of esters is 2. The molecule has 0 radical (unpaired) electrons. The number of hydrogen-bond acceptors (Lipinski definition) is 7. The average Bonchev–Trinajstić information content (AvgIpc) is 2.68. The van der Waals surface area contributed by atoms with Gasteiger partial charge in [0.1, 0.15) is 6.10 Å². The van der Waals surface area contributed by atoms with E-state index in [9.17, 15) is 19.8 Å². The minimum atomic E-state index is -1.52. The Kier molecular flexibility index (Phi) is 5.62. The summed E-state index contributed by atoms with van der Waals surface area (Å²) in [5.74, 6) is -1.38. The van der Waals surface area contributed by atoms with Gasteiger partial charge in [-0.2, -0.15) is 0 Å². The van der Waals surface area contributed by atoms with Crippen LogP contribution >= 0.6 is 0 Å². The smallest absolute Gasteiger partial charge is 0.338 e. The summed E-state index contributed by atoms with van der Waals surface area (Å²) in [7, 11) is 0. The van der Waals surface area contributed by atoms with Gasteiger partial charge in [-0.25, -0.2) is 9.59 Å². The Balaban J connectivity index is 1.67. The van der Waals surface area contributed by atoms with Gasteiger partial charge in [-0.15, -0.1) is 0 Å². The van der Waals surface area contributed by atoms with Gasteiger partial charge in [0, 0.05) is 0 Å². The number of aliphatic hydroxyl groups excluding tert-OH is 2. The van der Waals surface area contributed by atoms with E-state index in [1.807, 2.05) is 0 Å². The van der Waals surface area contributed by atoms with Gasteiger partial charge in [-0.05, 0) is 24.3 Å². The second kappa shape index (κ2) is 8.09. The summed E-state index contributed by atoms with van der Waals surface area (Å²) in [5, 5.41) is 20.3. The van der Waals surface area contributed by atoms with Crippen molar-refractivity contribution in [3.8, 4) is 0 Å². The molecule has 136 valence electrons. The second-order valence-corrected chi connectivity index (χ2v) is 5.76. The molecule has 2 N–H and O–H groups in total. The van der Waals surface area contributed by atoms with Crippen LogP contribution in [-0.2, 0) is 14.2 Å². The summed E-state index contributed by atoms with van der Waals surface area (Å²) in [6, 6.07) is 16.4. The van der Waals surface area contributed by atoms with Crippen molar-refractivity contribution in [3.05, 3.63) is 71.8 Å². The van der Waals surface area contributed by atoms with E-state index in [0.717, 1.165) is 0 Å². The van der Waals surface area contributed by atoms with Crippen LogP contribution in [0.2, 0.25) is 0 Å². The molecule has 7 nitrogen and oxygen atoms in total. The number of carbonyl (C=O) groups is 2. The molecule has 1 fully saturated rings. The first kappa shape index (κ1) is 18.1. The van der Waals surface area contributed by atoms with Crippen molar-refractivity contribution in [3.63, 3.8) is 0 Å². The van der Waals surface area contributed by atoms with Gasteiger partial charge in [0.25, 0.3) is 0 Å². The first-order valence-electron chi connectivity index (χ1n) is 8.06. The fourth-order valence-corrected chi connectivity index (χ4v) is 2.54. The highest BCUT2D eigenvalue weighted by atomic mass is 16.7. The first-order valence-corrected chi connectivity index (χ1v) is 8.06. The van der Waals surface area contributed by atoms with E-state index in [0.29, 0.717) is 5.56 Å². The molecule has 7 heteroatoms. The van der Waals surface area contributed by atoms with E-state index in [1.54, 1.807) is 48.5 Å². The highest BCUT2D eigenvalue weighted by Gasteiger charge is 2.43. The third-order valence-corrected chi connectivity index (χ3v) is 3.95. The van der Waals surface area contributed by atoms with Crippen molar-refractivity contribution >= 4 is 11.9 Å². The Morgan fingerprint density at radius 3 is 1.88 bits per heavy atom. The zero-order chi connectivity index (χ0) is 18.5. The van der Waals surface area contributed by atoms with Gasteiger partial charge in [0.2, 0.25) is 0 Å². The van der Waals surface area contributed by atoms with Crippen molar-refractivity contribution in [1.82, 2.24) is 0 Å². The van der Waals surface area contributed by atoms with Gasteiger partial charge >= 0.3 is 11.9 Å². The Labute approximate surface area is 149 Å². The summed E-state index contributed by atoms with van der Waals surface area (Å²) in [4.78, 5) is 24.3. The summed E-state index contributed by atoms with van der Waals surface area (Å²) < 4.78 is 15.5. The molecule has 26 heavy (non-hydrogen) atoms. The van der Waals surface area contributed by atoms with Crippen molar-refractivity contribution < 1.29 is 34.0 Å². The number of benzene rings is 2. The molecule has 0 spiro atoms. The quantitative estimate of drug-likeness (QED) is 0.790. The van der Waals surface area contributed by atoms with Crippen LogP contribution in [0, 0.1) is 0 Å². The molecule has 0 unspecified atom stereocenters. The van der Waals surface area contributed by atoms with Crippen molar-refractivity contribution in [1.29, 1.82) is 0 Å². The predicted octanol–water partition coefficient (Wildman–Crippen LogP) is 1.15. The van der Waals surface area contributed by atoms with E-state index in [4.69, 9.17) is 14.2 Å². The highest BCUT2D eigenvalue weighted by molar-refractivity contribution is 5.90. The molecule has 2 aromatic rings. The lowest BCUT2D eigenvalue weighted by Crippen LogP contribution is -2.56. The number of hydrogen-bond donors (Lipinski definition) is 2. The third kappa shape index (κ3) is 4.08. The molecule has 0 aliphatic carbocycles. The zero-order valence-corrected chi connectivity index (χ0v) is 13.7. The summed E-state index contributed by atoms with van der Waals surface area (Å²) >= 11 is 0. The zero-order valence-electron chi connectivity index (χ0n) is 13.7. The molecule has 1 aliphatic rings. The minimum Gasteiger partial charge on any atom is -0.453 e. The maximum Gasteiger partial charge on any atom is 0.338 e. The molecule has 1 aliphatic heterocycles. The summed E-state index contributed by atoms with van der Waals surface area (Å²) in [5.41, 5.74) is 0.568. The Bertz CT molecular complexity index is 747. The molecule has 0 saturated carbocycles. The van der Waals surface area contributed by atoms with Crippen LogP contribution in [0.3, 0.4) is 0 Å². The predicted molar refractivity (Wildman–Crippen MR) is 89.3 cm³/mol. The van der Waals surface area contributed by atoms with Crippen LogP contribution in [0.5, 0.6) is 0 Å². The number of carbonyl (C=O) groups excluding carboxylic acids is 2. The molecule has 0 aromatic heterocycles. The summed E-state index contributed by atoms with van der Waals surface area (Å²) in [6.07, 6.45) is -5.42. The van der Waals surface area contributed by atoms with Crippen molar-refractivity contribution in [2.45, 2.75) is 24.6 Å². The standard InChI is InChI=1S/C19H18O7/c20-15-14(25-17(21)12-7-3-1-4-8-12)11-24-19(23)16(15)26-18(22)13-9-5-2-6-10-13/h1-10,14-16,19-20,23H,11H2/t14-,15-,16-,19-/m1/s1. The van der Waals surface area contributed by atoms with Crippen LogP contribution in [0.4, 0.5) is 0 Å². The van der Waals surface area contributed by atoms with E-state index in [-0.39, 0.29) is 12.2 Å². The highest BCUT2D eigenvalue weighted by Crippen LogP contribution is 2.22. The van der Waals surface area contributed by atoms with E-state index >= 15 is 0 Å². The van der Waals surface area contributed by atoms with Gasteiger partial charge < -0.3 is 24.4 Å². The molecule has 1 heterocycles. The molecule has 1 saturated heterocycles. The topological polar surface area (TPSA) is 102 Å². The van der Waals surface area contributed by atoms with Crippen LogP contribution in [-0.4, -0.2) is 53.4 Å². The lowest BCUT2D eigenvalue weighted by molar-refractivity contribution is -0.251. The number of aliphatic hydroxyl groups is 2. The molecular formula is C19H18O7. The summed E-state index contributed by atoms with van der Waals surface area (Å²) in [6.45, 7) is -0.222. The molecule has 0 amide bonds. The lowest BCUT2D eigenvalue weighted by Gasteiger charge is -2.36. The molecule has 3 rings (SSSR count). The Morgan fingerprint density at radius 1 is 0.846 bits per heavy atom. The molecule has 2 aromatic carbocycles. The van der Waals surface area contributed by atoms with E-state index in [2.05, 4.69) is 0 Å². The maximum absolute atomic E-state index is 12.1. The van der Waals surface area contributed by atoms with Crippen LogP contribution in [0.25, 0.3) is 0 Å². The van der Waals surface area contributed by atoms with Crippen molar-refractivity contribution in [2.75, 3.05) is 6.61 Å². The van der Waals surface area contributed by atoms with Gasteiger partial charge in [-0.1, -0.05) is 36.4 Å². The van der Waals surface area contributed by atoms with Crippen LogP contribution in [0.1, 0.15) is 20.7 Å². The van der Waals surface area contributed by atoms with Gasteiger partial charge in [0.05, 0.1) is 17.7 Å². The Hall–Kier alpha value is -2.74. The Morgan fingerprint density at radius 2 is 1.35 bits per heavy atom. The number of ether oxygens (including phenoxy) is 3. The fraction of sp³-hybridized carbons (Fsp3) is 0.263. The van der Waals surface area contributed by atoms with Crippen molar-refractivity contribution in [2.24, 2.45) is 0 Å². The maximum atomic E-state index is 12.1. The fourth-order valence-electron chi connectivity index (χ4n) is 2.54. The van der Waals surface area contributed by atoms with Crippen LogP contribution < -0.4 is 0 Å². The third-order valence-electron chi connectivity index (χ3n) is 3.95.